The van der Waals surface area contributed by atoms with E-state index >= 15 is 0 Å². The largest absolute Gasteiger partial charge is 0.344 e. The van der Waals surface area contributed by atoms with Crippen molar-refractivity contribution in [1.29, 1.82) is 0 Å². The van der Waals surface area contributed by atoms with Gasteiger partial charge in [0.1, 0.15) is 6.54 Å². The molecule has 2 aromatic heterocycles. The zero-order chi connectivity index (χ0) is 9.97. The van der Waals surface area contributed by atoms with Crippen LogP contribution in [0.3, 0.4) is 0 Å². The Balaban J connectivity index is 2.14. The van der Waals surface area contributed by atoms with Crippen LogP contribution < -0.4 is 0 Å². The molecule has 14 heavy (non-hydrogen) atoms. The van der Waals surface area contributed by atoms with Gasteiger partial charge in [0.2, 0.25) is 5.89 Å². The number of carbonyl (C=O) groups is 1. The SMILES string of the molecule is Cc1noc(Cn2ccc(C=O)c2)n1. The summed E-state index contributed by atoms with van der Waals surface area (Å²) < 4.78 is 6.76. The van der Waals surface area contributed by atoms with Gasteiger partial charge in [-0.15, -0.1) is 0 Å². The van der Waals surface area contributed by atoms with Gasteiger partial charge < -0.3 is 9.09 Å². The van der Waals surface area contributed by atoms with E-state index in [1.807, 2.05) is 4.57 Å². The molecule has 0 radical (unpaired) electrons. The Kier molecular flexibility index (Phi) is 2.14. The molecule has 5 nitrogen and oxygen atoms in total. The van der Waals surface area contributed by atoms with Crippen molar-refractivity contribution in [2.24, 2.45) is 0 Å². The highest BCUT2D eigenvalue weighted by molar-refractivity contribution is 5.74. The number of hydrogen-bond acceptors (Lipinski definition) is 4. The van der Waals surface area contributed by atoms with E-state index in [1.165, 1.54) is 0 Å². The predicted molar refractivity (Wildman–Crippen MR) is 48.0 cm³/mol. The first-order valence-electron chi connectivity index (χ1n) is 4.18. The lowest BCUT2D eigenvalue weighted by atomic mass is 10.4. The first-order chi connectivity index (χ1) is 6.78. The molecule has 0 aliphatic carbocycles. The van der Waals surface area contributed by atoms with Crippen LogP contribution >= 0.6 is 0 Å². The summed E-state index contributed by atoms with van der Waals surface area (Å²) in [4.78, 5) is 14.5. The van der Waals surface area contributed by atoms with E-state index in [9.17, 15) is 4.79 Å². The van der Waals surface area contributed by atoms with E-state index in [1.54, 1.807) is 25.4 Å². The Bertz CT molecular complexity index is 444. The number of aldehydes is 1. The number of carbonyl (C=O) groups excluding carboxylic acids is 1. The highest BCUT2D eigenvalue weighted by Crippen LogP contribution is 2.03. The molecule has 0 bridgehead atoms. The summed E-state index contributed by atoms with van der Waals surface area (Å²) in [5, 5.41) is 3.67. The van der Waals surface area contributed by atoms with Gasteiger partial charge >= 0.3 is 0 Å². The van der Waals surface area contributed by atoms with Gasteiger partial charge in [-0.25, -0.2) is 0 Å². The molecule has 0 saturated carbocycles. The third kappa shape index (κ3) is 1.71. The Morgan fingerprint density at radius 3 is 3.07 bits per heavy atom. The van der Waals surface area contributed by atoms with Gasteiger partial charge in [-0.2, -0.15) is 4.98 Å². The minimum Gasteiger partial charge on any atom is -0.344 e. The van der Waals surface area contributed by atoms with E-state index in [-0.39, 0.29) is 0 Å². The van der Waals surface area contributed by atoms with Gasteiger partial charge in [0.05, 0.1) is 0 Å². The summed E-state index contributed by atoms with van der Waals surface area (Å²) in [6.07, 6.45) is 4.32. The van der Waals surface area contributed by atoms with Crippen molar-refractivity contribution in [2.45, 2.75) is 13.5 Å². The van der Waals surface area contributed by atoms with Gasteiger partial charge in [-0.3, -0.25) is 4.79 Å². The molecule has 0 unspecified atom stereocenters. The fraction of sp³-hybridized carbons (Fsp3) is 0.222. The van der Waals surface area contributed by atoms with Crippen LogP contribution in [0.5, 0.6) is 0 Å². The molecule has 0 spiro atoms. The number of aromatic nitrogens is 3. The Morgan fingerprint density at radius 1 is 1.64 bits per heavy atom. The number of rotatable bonds is 3. The lowest BCUT2D eigenvalue weighted by Gasteiger charge is -1.94. The fourth-order valence-corrected chi connectivity index (χ4v) is 1.19. The third-order valence-electron chi connectivity index (χ3n) is 1.80. The molecule has 0 aromatic carbocycles. The van der Waals surface area contributed by atoms with Crippen molar-refractivity contribution in [3.8, 4) is 0 Å². The van der Waals surface area contributed by atoms with Crippen molar-refractivity contribution in [2.75, 3.05) is 0 Å². The molecular formula is C9H9N3O2. The standard InChI is InChI=1S/C9H9N3O2/c1-7-10-9(14-11-7)5-12-3-2-8(4-12)6-13/h2-4,6H,5H2,1H3. The quantitative estimate of drug-likeness (QED) is 0.680. The van der Waals surface area contributed by atoms with Crippen LogP contribution in [0.25, 0.3) is 0 Å². The van der Waals surface area contributed by atoms with Crippen LogP contribution in [-0.2, 0) is 6.54 Å². The van der Waals surface area contributed by atoms with E-state index in [2.05, 4.69) is 10.1 Å². The number of hydrogen-bond donors (Lipinski definition) is 0. The Hall–Kier alpha value is -1.91. The van der Waals surface area contributed by atoms with Gasteiger partial charge in [-0.05, 0) is 13.0 Å². The molecule has 2 heterocycles. The Labute approximate surface area is 80.3 Å². The van der Waals surface area contributed by atoms with Crippen molar-refractivity contribution in [3.05, 3.63) is 35.7 Å². The van der Waals surface area contributed by atoms with Crippen molar-refractivity contribution >= 4 is 6.29 Å². The van der Waals surface area contributed by atoms with Gasteiger partial charge in [0, 0.05) is 18.0 Å². The summed E-state index contributed by atoms with van der Waals surface area (Å²) in [5.74, 6) is 1.15. The average Bonchev–Trinajstić information content (AvgIpc) is 2.76. The van der Waals surface area contributed by atoms with Crippen LogP contribution in [0.2, 0.25) is 0 Å². The van der Waals surface area contributed by atoms with Crippen LogP contribution in [0.4, 0.5) is 0 Å². The average molecular weight is 191 g/mol. The smallest absolute Gasteiger partial charge is 0.246 e. The lowest BCUT2D eigenvalue weighted by Crippen LogP contribution is -1.96. The summed E-state index contributed by atoms with van der Waals surface area (Å²) in [6, 6.07) is 1.73. The van der Waals surface area contributed by atoms with E-state index in [0.29, 0.717) is 23.8 Å². The second-order valence-corrected chi connectivity index (χ2v) is 2.97. The molecule has 0 aliphatic rings. The second kappa shape index (κ2) is 3.45. The van der Waals surface area contributed by atoms with Crippen molar-refractivity contribution < 1.29 is 9.32 Å². The monoisotopic (exact) mass is 191 g/mol. The predicted octanol–water partition coefficient (Wildman–Crippen LogP) is 1.04. The van der Waals surface area contributed by atoms with Crippen molar-refractivity contribution in [1.82, 2.24) is 14.7 Å². The molecule has 0 atom stereocenters. The fourth-order valence-electron chi connectivity index (χ4n) is 1.19. The molecule has 0 aliphatic heterocycles. The number of nitrogens with zero attached hydrogens (tertiary/aromatic N) is 3. The minimum atomic E-state index is 0.495. The van der Waals surface area contributed by atoms with Crippen LogP contribution in [-0.4, -0.2) is 21.0 Å². The van der Waals surface area contributed by atoms with Crippen LogP contribution in [0.15, 0.2) is 23.0 Å². The first kappa shape index (κ1) is 8.68. The molecule has 5 heteroatoms. The van der Waals surface area contributed by atoms with E-state index in [4.69, 9.17) is 4.52 Å². The topological polar surface area (TPSA) is 60.9 Å². The zero-order valence-corrected chi connectivity index (χ0v) is 7.67. The molecule has 0 fully saturated rings. The maximum Gasteiger partial charge on any atom is 0.246 e. The molecule has 2 aromatic rings. The van der Waals surface area contributed by atoms with Crippen molar-refractivity contribution in [3.63, 3.8) is 0 Å². The van der Waals surface area contributed by atoms with E-state index < -0.39 is 0 Å². The lowest BCUT2D eigenvalue weighted by molar-refractivity contribution is 0.112. The second-order valence-electron chi connectivity index (χ2n) is 2.97. The highest BCUT2D eigenvalue weighted by atomic mass is 16.5. The van der Waals surface area contributed by atoms with E-state index in [0.717, 1.165) is 6.29 Å². The highest BCUT2D eigenvalue weighted by Gasteiger charge is 2.03. The number of aryl methyl sites for hydroxylation is 1. The molecule has 2 rings (SSSR count). The van der Waals surface area contributed by atoms with Crippen LogP contribution in [0.1, 0.15) is 22.1 Å². The first-order valence-corrected chi connectivity index (χ1v) is 4.18. The van der Waals surface area contributed by atoms with Gasteiger partial charge in [0.15, 0.2) is 12.1 Å². The summed E-state index contributed by atoms with van der Waals surface area (Å²) in [5.41, 5.74) is 0.640. The molecule has 0 amide bonds. The molecule has 72 valence electrons. The molecule has 0 N–H and O–H groups in total. The normalized spacial score (nSPS) is 10.4. The third-order valence-corrected chi connectivity index (χ3v) is 1.80. The zero-order valence-electron chi connectivity index (χ0n) is 7.67. The summed E-state index contributed by atoms with van der Waals surface area (Å²) in [6.45, 7) is 2.26. The molecule has 0 saturated heterocycles. The maximum absolute atomic E-state index is 10.4. The summed E-state index contributed by atoms with van der Waals surface area (Å²) in [7, 11) is 0. The van der Waals surface area contributed by atoms with Gasteiger partial charge in [0.25, 0.3) is 0 Å². The summed E-state index contributed by atoms with van der Waals surface area (Å²) >= 11 is 0. The maximum atomic E-state index is 10.4. The van der Waals surface area contributed by atoms with Crippen LogP contribution in [0, 0.1) is 6.92 Å². The Morgan fingerprint density at radius 2 is 2.50 bits per heavy atom. The minimum absolute atomic E-state index is 0.495. The molecular weight excluding hydrogens is 182 g/mol. The van der Waals surface area contributed by atoms with Gasteiger partial charge in [-0.1, -0.05) is 5.16 Å².